The molecule has 7 rings (SSSR count). The number of esters is 1. The van der Waals surface area contributed by atoms with Gasteiger partial charge in [-0.2, -0.15) is 0 Å². The molecule has 2 amide bonds. The quantitative estimate of drug-likeness (QED) is 0.226. The number of likely N-dealkylation sites (tertiary alicyclic amines) is 1. The van der Waals surface area contributed by atoms with Crippen LogP contribution in [0.15, 0.2) is 66.7 Å². The van der Waals surface area contributed by atoms with E-state index in [9.17, 15) is 19.2 Å². The van der Waals surface area contributed by atoms with Gasteiger partial charge in [-0.3, -0.25) is 19.3 Å². The Hall–Kier alpha value is -3.54. The van der Waals surface area contributed by atoms with E-state index in [4.69, 9.17) is 4.74 Å². The lowest BCUT2D eigenvalue weighted by Crippen LogP contribution is -2.48. The highest BCUT2D eigenvalue weighted by atomic mass is 16.5. The fourth-order valence-corrected chi connectivity index (χ4v) is 6.20. The molecule has 6 nitrogen and oxygen atoms in total. The normalized spacial score (nSPS) is 31.7. The minimum atomic E-state index is -1.04. The van der Waals surface area contributed by atoms with Crippen LogP contribution in [0.3, 0.4) is 0 Å². The number of nitrogens with zero attached hydrogens (tertiary/aromatic N) is 1. The van der Waals surface area contributed by atoms with Crippen LogP contribution in [0.4, 0.5) is 0 Å². The number of hydrogen-bond donors (Lipinski definition) is 0. The maximum absolute atomic E-state index is 13.6. The Morgan fingerprint density at radius 2 is 1.55 bits per heavy atom. The monoisotopic (exact) mass is 441 g/mol. The van der Waals surface area contributed by atoms with Gasteiger partial charge in [-0.1, -0.05) is 42.5 Å². The van der Waals surface area contributed by atoms with E-state index >= 15 is 0 Å². The average Bonchev–Trinajstić information content (AvgIpc) is 3.62. The van der Waals surface area contributed by atoms with Crippen molar-refractivity contribution in [2.75, 3.05) is 0 Å². The van der Waals surface area contributed by atoms with E-state index in [1.807, 2.05) is 30.3 Å². The highest BCUT2D eigenvalue weighted by Gasteiger charge is 2.68. The lowest BCUT2D eigenvalue weighted by Gasteiger charge is -2.37. The van der Waals surface area contributed by atoms with Gasteiger partial charge in [0, 0.05) is 12.0 Å². The van der Waals surface area contributed by atoms with Crippen molar-refractivity contribution in [2.24, 2.45) is 35.5 Å². The van der Waals surface area contributed by atoms with E-state index in [0.29, 0.717) is 23.7 Å². The van der Waals surface area contributed by atoms with Crippen molar-refractivity contribution in [3.63, 3.8) is 0 Å². The van der Waals surface area contributed by atoms with Gasteiger partial charge in [-0.15, -0.1) is 0 Å². The lowest BCUT2D eigenvalue weighted by atomic mass is 9.63. The first-order valence-corrected chi connectivity index (χ1v) is 11.4. The van der Waals surface area contributed by atoms with E-state index in [0.717, 1.165) is 12.0 Å². The van der Waals surface area contributed by atoms with Crippen LogP contribution in [0.2, 0.25) is 0 Å². The molecule has 33 heavy (non-hydrogen) atoms. The van der Waals surface area contributed by atoms with Crippen molar-refractivity contribution < 1.29 is 23.9 Å². The number of carbonyl (C=O) groups is 4. The highest BCUT2D eigenvalue weighted by Crippen LogP contribution is 2.65. The summed E-state index contributed by atoms with van der Waals surface area (Å²) in [6.45, 7) is 0. The van der Waals surface area contributed by atoms with Gasteiger partial charge < -0.3 is 4.74 Å². The first-order valence-electron chi connectivity index (χ1n) is 11.4. The minimum Gasteiger partial charge on any atom is -0.425 e. The molecule has 6 heteroatoms. The summed E-state index contributed by atoms with van der Waals surface area (Å²) < 4.78 is 5.59. The molecule has 3 fully saturated rings. The summed E-state index contributed by atoms with van der Waals surface area (Å²) in [5.41, 5.74) is 1.31. The zero-order valence-corrected chi connectivity index (χ0v) is 17.9. The molecule has 1 heterocycles. The SMILES string of the molecule is O=Cc1ccc(OC(=O)[C@@H](Cc2ccccc2)N2C(=O)[C@@H]3[C@@H]4C=C[C@H]([C@H]5C[C@H]45)[C@@H]3C2=O)cc1. The number of amides is 2. The fraction of sp³-hybridized carbons (Fsp3) is 0.333. The lowest BCUT2D eigenvalue weighted by molar-refractivity contribution is -0.153. The average molecular weight is 441 g/mol. The molecule has 5 aliphatic rings. The summed E-state index contributed by atoms with van der Waals surface area (Å²) in [6, 6.07) is 14.5. The number of allylic oxidation sites excluding steroid dienone is 2. The summed E-state index contributed by atoms with van der Waals surface area (Å²) in [7, 11) is 0. The van der Waals surface area contributed by atoms with Crippen LogP contribution in [0.5, 0.6) is 5.75 Å². The molecule has 1 aliphatic heterocycles. The summed E-state index contributed by atoms with van der Waals surface area (Å²) >= 11 is 0. The van der Waals surface area contributed by atoms with E-state index in [1.165, 1.54) is 17.0 Å². The van der Waals surface area contributed by atoms with Crippen molar-refractivity contribution in [2.45, 2.75) is 18.9 Å². The second kappa shape index (κ2) is 7.51. The fourth-order valence-electron chi connectivity index (χ4n) is 6.20. The summed E-state index contributed by atoms with van der Waals surface area (Å²) in [5, 5.41) is 0. The van der Waals surface area contributed by atoms with Crippen molar-refractivity contribution in [3.05, 3.63) is 77.9 Å². The molecule has 0 radical (unpaired) electrons. The Kier molecular flexibility index (Phi) is 4.57. The van der Waals surface area contributed by atoms with Crippen molar-refractivity contribution in [1.29, 1.82) is 0 Å². The Bertz CT molecular complexity index is 1130. The molecule has 0 N–H and O–H groups in total. The first kappa shape index (κ1) is 20.1. The third kappa shape index (κ3) is 3.16. The molecule has 166 valence electrons. The Morgan fingerprint density at radius 3 is 2.12 bits per heavy atom. The van der Waals surface area contributed by atoms with Gasteiger partial charge in [0.1, 0.15) is 18.1 Å². The molecule has 2 aromatic rings. The van der Waals surface area contributed by atoms with Crippen molar-refractivity contribution in [3.8, 4) is 5.75 Å². The predicted molar refractivity (Wildman–Crippen MR) is 118 cm³/mol. The van der Waals surface area contributed by atoms with Crippen molar-refractivity contribution >= 4 is 24.1 Å². The second-order valence-corrected chi connectivity index (χ2v) is 9.51. The van der Waals surface area contributed by atoms with E-state index in [1.54, 1.807) is 12.1 Å². The third-order valence-electron chi connectivity index (χ3n) is 7.79. The van der Waals surface area contributed by atoms with Gasteiger partial charge >= 0.3 is 5.97 Å². The topological polar surface area (TPSA) is 80.8 Å². The molecule has 1 saturated heterocycles. The zero-order valence-electron chi connectivity index (χ0n) is 17.9. The summed E-state index contributed by atoms with van der Waals surface area (Å²) in [5.74, 6) is -0.433. The Balaban J connectivity index is 1.32. The van der Waals surface area contributed by atoms with Crippen LogP contribution in [-0.2, 0) is 20.8 Å². The highest BCUT2D eigenvalue weighted by molar-refractivity contribution is 6.09. The molecule has 7 atom stereocenters. The van der Waals surface area contributed by atoms with E-state index in [-0.39, 0.29) is 47.7 Å². The van der Waals surface area contributed by atoms with Gasteiger partial charge in [0.2, 0.25) is 11.8 Å². The van der Waals surface area contributed by atoms with Crippen LogP contribution >= 0.6 is 0 Å². The van der Waals surface area contributed by atoms with E-state index in [2.05, 4.69) is 12.2 Å². The number of ether oxygens (including phenoxy) is 1. The van der Waals surface area contributed by atoms with Crippen molar-refractivity contribution in [1.82, 2.24) is 4.90 Å². The smallest absolute Gasteiger partial charge is 0.335 e. The van der Waals surface area contributed by atoms with Gasteiger partial charge in [0.05, 0.1) is 11.8 Å². The second-order valence-electron chi connectivity index (χ2n) is 9.51. The van der Waals surface area contributed by atoms with Crippen LogP contribution in [-0.4, -0.2) is 35.0 Å². The molecule has 2 aromatic carbocycles. The largest absolute Gasteiger partial charge is 0.425 e. The van der Waals surface area contributed by atoms with Gasteiger partial charge in [0.15, 0.2) is 0 Å². The molecular formula is C27H23NO5. The molecule has 2 bridgehead atoms. The molecule has 4 aliphatic carbocycles. The number of aldehydes is 1. The van der Waals surface area contributed by atoms with Crippen LogP contribution in [0, 0.1) is 35.5 Å². The number of rotatable bonds is 6. The van der Waals surface area contributed by atoms with Gasteiger partial charge in [-0.25, -0.2) is 4.79 Å². The minimum absolute atomic E-state index is 0.0933. The molecular weight excluding hydrogens is 418 g/mol. The number of hydrogen-bond acceptors (Lipinski definition) is 5. The van der Waals surface area contributed by atoms with Gasteiger partial charge in [-0.05, 0) is 59.9 Å². The predicted octanol–water partition coefficient (Wildman–Crippen LogP) is 3.07. The van der Waals surface area contributed by atoms with E-state index < -0.39 is 12.0 Å². The molecule has 0 unspecified atom stereocenters. The molecule has 0 spiro atoms. The standard InChI is InChI=1S/C27H23NO5/c29-14-16-6-8-17(9-7-16)33-27(32)22(12-15-4-2-1-3-5-15)28-25(30)23-18-10-11-19(21-13-20(18)21)24(23)26(28)31/h1-11,14,18-24H,12-13H2/t18-,19-,20-,21-,22-,23-,24+/m1/s1. The van der Waals surface area contributed by atoms with Crippen LogP contribution < -0.4 is 4.74 Å². The van der Waals surface area contributed by atoms with Gasteiger partial charge in [0.25, 0.3) is 0 Å². The molecule has 2 saturated carbocycles. The molecule has 0 aromatic heterocycles. The third-order valence-corrected chi connectivity index (χ3v) is 7.79. The zero-order chi connectivity index (χ0) is 22.7. The van der Waals surface area contributed by atoms with Crippen LogP contribution in [0.25, 0.3) is 0 Å². The Morgan fingerprint density at radius 1 is 0.939 bits per heavy atom. The maximum atomic E-state index is 13.6. The number of carbonyl (C=O) groups excluding carboxylic acids is 4. The summed E-state index contributed by atoms with van der Waals surface area (Å²) in [4.78, 5) is 52.7. The first-order chi connectivity index (χ1) is 16.1. The van der Waals surface area contributed by atoms with Crippen LogP contribution in [0.1, 0.15) is 22.3 Å². The number of imide groups is 1. The number of benzene rings is 2. The maximum Gasteiger partial charge on any atom is 0.335 e. The Labute approximate surface area is 191 Å². The summed E-state index contributed by atoms with van der Waals surface area (Å²) in [6.07, 6.45) is 6.22.